The summed E-state index contributed by atoms with van der Waals surface area (Å²) in [7, 11) is 0. The molecule has 0 aromatic heterocycles. The van der Waals surface area contributed by atoms with Crippen LogP contribution in [0.2, 0.25) is 5.02 Å². The molecule has 0 aliphatic heterocycles. The molecule has 0 heterocycles. The Morgan fingerprint density at radius 1 is 1.28 bits per heavy atom. The molecule has 2 N–H and O–H groups in total. The summed E-state index contributed by atoms with van der Waals surface area (Å²) < 4.78 is 4.99. The second-order valence-electron chi connectivity index (χ2n) is 5.75. The summed E-state index contributed by atoms with van der Waals surface area (Å²) in [5, 5.41) is 4.64. The number of amides is 1. The van der Waals surface area contributed by atoms with Gasteiger partial charge in [-0.25, -0.2) is 4.79 Å². The Morgan fingerprint density at radius 3 is 2.72 bits per heavy atom. The molecule has 0 aliphatic carbocycles. The van der Waals surface area contributed by atoms with Gasteiger partial charge < -0.3 is 15.3 Å². The molecule has 1 atom stereocenters. The van der Waals surface area contributed by atoms with Crippen LogP contribution in [0.15, 0.2) is 47.6 Å². The number of nitrogens with zero attached hydrogens (tertiary/aromatic N) is 1. The normalized spacial score (nSPS) is 12.6. The molecule has 0 bridgehead atoms. The number of carbonyl (C=O) groups is 1. The molecule has 6 heteroatoms. The van der Waals surface area contributed by atoms with E-state index in [2.05, 4.69) is 5.16 Å². The van der Waals surface area contributed by atoms with Crippen molar-refractivity contribution in [3.63, 3.8) is 0 Å². The zero-order valence-electron chi connectivity index (χ0n) is 14.5. The van der Waals surface area contributed by atoms with Gasteiger partial charge in [-0.1, -0.05) is 52.7 Å². The van der Waals surface area contributed by atoms with Crippen molar-refractivity contribution in [3.05, 3.63) is 69.7 Å². The third-order valence-electron chi connectivity index (χ3n) is 3.66. The zero-order valence-corrected chi connectivity index (χ0v) is 15.2. The summed E-state index contributed by atoms with van der Waals surface area (Å²) in [6.45, 7) is 5.96. The largest absolute Gasteiger partial charge is 0.442 e. The van der Waals surface area contributed by atoms with Crippen LogP contribution in [0.1, 0.15) is 42.2 Å². The lowest BCUT2D eigenvalue weighted by atomic mass is 10.0. The molecule has 5 nitrogen and oxygen atoms in total. The van der Waals surface area contributed by atoms with Crippen LogP contribution < -0.4 is 5.73 Å². The van der Waals surface area contributed by atoms with E-state index in [0.29, 0.717) is 22.9 Å². The van der Waals surface area contributed by atoms with E-state index in [-0.39, 0.29) is 0 Å². The number of hydrogen-bond donors (Lipinski definition) is 1. The number of aryl methyl sites for hydroxylation is 1. The fourth-order valence-electron chi connectivity index (χ4n) is 2.38. The smallest absolute Gasteiger partial charge is 0.405 e. The molecule has 0 spiro atoms. The first-order valence-corrected chi connectivity index (χ1v) is 8.22. The average molecular weight is 361 g/mol. The molecule has 1 amide bonds. The summed E-state index contributed by atoms with van der Waals surface area (Å²) in [5.41, 5.74) is 9.46. The Kier molecular flexibility index (Phi) is 6.42. The van der Waals surface area contributed by atoms with Crippen molar-refractivity contribution in [2.24, 2.45) is 10.9 Å². The van der Waals surface area contributed by atoms with Crippen molar-refractivity contribution in [3.8, 4) is 0 Å². The predicted octanol–water partition coefficient (Wildman–Crippen LogP) is 4.75. The third-order valence-corrected chi connectivity index (χ3v) is 4.00. The van der Waals surface area contributed by atoms with E-state index in [1.165, 1.54) is 5.56 Å². The highest BCUT2D eigenvalue weighted by molar-refractivity contribution is 6.31. The van der Waals surface area contributed by atoms with Gasteiger partial charge in [0.05, 0.1) is 5.71 Å². The minimum atomic E-state index is -0.846. The number of benzene rings is 2. The lowest BCUT2D eigenvalue weighted by molar-refractivity contribution is 0.116. The minimum Gasteiger partial charge on any atom is -0.442 e. The van der Waals surface area contributed by atoms with Gasteiger partial charge in [0, 0.05) is 10.6 Å². The standard InChI is InChI=1S/C19H21ClN2O3/c1-12-5-4-6-15(9-12)11-24-22-13(2)16-7-8-18(20)17(10-16)14(3)25-19(21)23/h4-10,14H,11H2,1-3H3,(H2,21,23). The monoisotopic (exact) mass is 360 g/mol. The molecule has 0 aliphatic rings. The van der Waals surface area contributed by atoms with Crippen LogP contribution in [0, 0.1) is 6.92 Å². The maximum absolute atomic E-state index is 10.9. The van der Waals surface area contributed by atoms with Crippen molar-refractivity contribution in [2.75, 3.05) is 0 Å². The average Bonchev–Trinajstić information content (AvgIpc) is 2.54. The molecule has 25 heavy (non-hydrogen) atoms. The molecule has 2 aromatic rings. The summed E-state index contributed by atoms with van der Waals surface area (Å²) in [6.07, 6.45) is -1.40. The second-order valence-corrected chi connectivity index (χ2v) is 6.16. The minimum absolute atomic E-state index is 0.390. The van der Waals surface area contributed by atoms with E-state index < -0.39 is 12.2 Å². The van der Waals surface area contributed by atoms with Gasteiger partial charge in [0.2, 0.25) is 0 Å². The van der Waals surface area contributed by atoms with Crippen LogP contribution in [0.25, 0.3) is 0 Å². The van der Waals surface area contributed by atoms with Crippen molar-refractivity contribution in [1.29, 1.82) is 0 Å². The number of oxime groups is 1. The highest BCUT2D eigenvalue weighted by Crippen LogP contribution is 2.27. The summed E-state index contributed by atoms with van der Waals surface area (Å²) in [6, 6.07) is 13.4. The van der Waals surface area contributed by atoms with Gasteiger partial charge in [0.15, 0.2) is 0 Å². The Labute approximate surface area is 152 Å². The van der Waals surface area contributed by atoms with E-state index >= 15 is 0 Å². The van der Waals surface area contributed by atoms with Crippen LogP contribution in [-0.2, 0) is 16.2 Å². The van der Waals surface area contributed by atoms with Gasteiger partial charge in [-0.3, -0.25) is 0 Å². The summed E-state index contributed by atoms with van der Waals surface area (Å²) in [4.78, 5) is 16.4. The number of hydrogen-bond acceptors (Lipinski definition) is 4. The lowest BCUT2D eigenvalue weighted by Gasteiger charge is -2.14. The molecule has 2 aromatic carbocycles. The van der Waals surface area contributed by atoms with Crippen LogP contribution in [0.4, 0.5) is 4.79 Å². The molecule has 1 unspecified atom stereocenters. The Balaban J connectivity index is 2.10. The van der Waals surface area contributed by atoms with Crippen molar-refractivity contribution >= 4 is 23.4 Å². The number of carbonyl (C=O) groups excluding carboxylic acids is 1. The van der Waals surface area contributed by atoms with E-state index in [9.17, 15) is 4.79 Å². The molecule has 0 fully saturated rings. The predicted molar refractivity (Wildman–Crippen MR) is 98.7 cm³/mol. The van der Waals surface area contributed by atoms with Crippen molar-refractivity contribution in [1.82, 2.24) is 0 Å². The van der Waals surface area contributed by atoms with Gasteiger partial charge in [-0.2, -0.15) is 0 Å². The number of nitrogens with two attached hydrogens (primary N) is 1. The fraction of sp³-hybridized carbons (Fsp3) is 0.263. The Bertz CT molecular complexity index is 790. The summed E-state index contributed by atoms with van der Waals surface area (Å²) >= 11 is 6.18. The molecule has 132 valence electrons. The van der Waals surface area contributed by atoms with E-state index in [1.807, 2.05) is 50.2 Å². The van der Waals surface area contributed by atoms with Gasteiger partial charge in [-0.05, 0) is 44.0 Å². The number of primary amides is 1. The van der Waals surface area contributed by atoms with E-state index in [0.717, 1.165) is 11.1 Å². The molecule has 0 radical (unpaired) electrons. The first kappa shape index (κ1) is 18.8. The Hall–Kier alpha value is -2.53. The maximum Gasteiger partial charge on any atom is 0.405 e. The van der Waals surface area contributed by atoms with Gasteiger partial charge >= 0.3 is 6.09 Å². The molecule has 2 rings (SSSR count). The molecule has 0 saturated carbocycles. The summed E-state index contributed by atoms with van der Waals surface area (Å²) in [5.74, 6) is 0. The second kappa shape index (κ2) is 8.53. The van der Waals surface area contributed by atoms with E-state index in [4.69, 9.17) is 26.9 Å². The van der Waals surface area contributed by atoms with Crippen molar-refractivity contribution < 1.29 is 14.4 Å². The number of ether oxygens (including phenoxy) is 1. The fourth-order valence-corrected chi connectivity index (χ4v) is 2.65. The van der Waals surface area contributed by atoms with Crippen LogP contribution >= 0.6 is 11.6 Å². The van der Waals surface area contributed by atoms with E-state index in [1.54, 1.807) is 13.0 Å². The zero-order chi connectivity index (χ0) is 18.4. The number of rotatable bonds is 6. The Morgan fingerprint density at radius 2 is 2.04 bits per heavy atom. The number of halogens is 1. The van der Waals surface area contributed by atoms with Crippen LogP contribution in [0.3, 0.4) is 0 Å². The highest BCUT2D eigenvalue weighted by atomic mass is 35.5. The first-order valence-electron chi connectivity index (χ1n) is 7.85. The lowest BCUT2D eigenvalue weighted by Crippen LogP contribution is -2.16. The SMILES string of the molecule is CC(=NOCc1cccc(C)c1)c1ccc(Cl)c(C(C)OC(N)=O)c1. The highest BCUT2D eigenvalue weighted by Gasteiger charge is 2.14. The van der Waals surface area contributed by atoms with Gasteiger partial charge in [0.25, 0.3) is 0 Å². The van der Waals surface area contributed by atoms with Gasteiger partial charge in [0.1, 0.15) is 12.7 Å². The first-order chi connectivity index (χ1) is 11.9. The topological polar surface area (TPSA) is 73.9 Å². The van der Waals surface area contributed by atoms with Crippen LogP contribution in [0.5, 0.6) is 0 Å². The third kappa shape index (κ3) is 5.50. The van der Waals surface area contributed by atoms with Crippen molar-refractivity contribution in [2.45, 2.75) is 33.5 Å². The molecule has 0 saturated heterocycles. The molecular weight excluding hydrogens is 340 g/mol. The van der Waals surface area contributed by atoms with Crippen LogP contribution in [-0.4, -0.2) is 11.8 Å². The van der Waals surface area contributed by atoms with Gasteiger partial charge in [-0.15, -0.1) is 0 Å². The maximum atomic E-state index is 10.9. The molecular formula is C19H21ClN2O3. The quantitative estimate of drug-likeness (QED) is 0.597.